The summed E-state index contributed by atoms with van der Waals surface area (Å²) in [7, 11) is 0. The monoisotopic (exact) mass is 405 g/mol. The van der Waals surface area contributed by atoms with Crippen molar-refractivity contribution in [2.75, 3.05) is 42.9 Å². The summed E-state index contributed by atoms with van der Waals surface area (Å²) in [6.45, 7) is 6.31. The van der Waals surface area contributed by atoms with Crippen LogP contribution in [0.4, 0.5) is 16.2 Å². The number of piperazine rings is 1. The Morgan fingerprint density at radius 1 is 1.25 bits per heavy atom. The van der Waals surface area contributed by atoms with Gasteiger partial charge in [-0.05, 0) is 24.2 Å². The Morgan fingerprint density at radius 3 is 2.68 bits per heavy atom. The molecule has 1 amide bonds. The fraction of sp³-hybridized carbons (Fsp3) is 0.421. The lowest BCUT2D eigenvalue weighted by molar-refractivity contribution is -0.116. The van der Waals surface area contributed by atoms with Crippen molar-refractivity contribution in [1.82, 2.24) is 14.9 Å². The molecule has 1 atom stereocenters. The number of hydrogen-bond acceptors (Lipinski definition) is 5. The number of aromatic nitrogens is 2. The number of amides is 1. The number of rotatable bonds is 3. The van der Waals surface area contributed by atoms with Crippen molar-refractivity contribution in [3.8, 4) is 0 Å². The standard InChI is InChI=1S/C19H21ClFN5O2/c1-2-25-5-7-26(8-6-25)19-23-17-16(18(28)24-19)13(10-15(27)22-17)12-4-3-11(20)9-14(12)21/h3-4,9,13H,2,5-8,10H2,1H3,(H2,22,23,24,27,28). The molecular weight excluding hydrogens is 385 g/mol. The van der Waals surface area contributed by atoms with Gasteiger partial charge < -0.3 is 15.1 Å². The number of anilines is 2. The van der Waals surface area contributed by atoms with Crippen LogP contribution in [0, 0.1) is 5.82 Å². The highest BCUT2D eigenvalue weighted by Crippen LogP contribution is 2.36. The van der Waals surface area contributed by atoms with Crippen LogP contribution in [0.5, 0.6) is 0 Å². The van der Waals surface area contributed by atoms with Gasteiger partial charge in [-0.1, -0.05) is 24.6 Å². The molecule has 2 N–H and O–H groups in total. The first-order valence-electron chi connectivity index (χ1n) is 9.32. The molecule has 1 saturated heterocycles. The highest BCUT2D eigenvalue weighted by atomic mass is 35.5. The van der Waals surface area contributed by atoms with E-state index >= 15 is 0 Å². The summed E-state index contributed by atoms with van der Waals surface area (Å²) in [4.78, 5) is 36.7. The third kappa shape index (κ3) is 3.49. The number of likely N-dealkylation sites (N-methyl/N-ethyl adjacent to an activating group) is 1. The van der Waals surface area contributed by atoms with Crippen molar-refractivity contribution in [1.29, 1.82) is 0 Å². The first kappa shape index (κ1) is 18.9. The zero-order valence-corrected chi connectivity index (χ0v) is 16.2. The largest absolute Gasteiger partial charge is 0.340 e. The number of benzene rings is 1. The van der Waals surface area contributed by atoms with E-state index in [0.29, 0.717) is 5.95 Å². The van der Waals surface area contributed by atoms with Crippen LogP contribution in [0.3, 0.4) is 0 Å². The Bertz CT molecular complexity index is 971. The molecule has 9 heteroatoms. The molecule has 4 rings (SSSR count). The van der Waals surface area contributed by atoms with Gasteiger partial charge in [-0.3, -0.25) is 14.6 Å². The van der Waals surface area contributed by atoms with Gasteiger partial charge in [0.05, 0.1) is 5.56 Å². The molecule has 2 aliphatic rings. The van der Waals surface area contributed by atoms with Crippen LogP contribution in [-0.4, -0.2) is 53.5 Å². The van der Waals surface area contributed by atoms with E-state index in [1.165, 1.54) is 12.1 Å². The molecule has 1 fully saturated rings. The highest BCUT2D eigenvalue weighted by Gasteiger charge is 2.33. The molecule has 28 heavy (non-hydrogen) atoms. The average molecular weight is 406 g/mol. The van der Waals surface area contributed by atoms with Crippen LogP contribution in [0.1, 0.15) is 30.4 Å². The number of fused-ring (bicyclic) bond motifs is 1. The lowest BCUT2D eigenvalue weighted by Gasteiger charge is -2.35. The number of hydrogen-bond donors (Lipinski definition) is 2. The molecule has 3 heterocycles. The maximum atomic E-state index is 14.5. The molecule has 2 aromatic rings. The molecule has 2 aliphatic heterocycles. The van der Waals surface area contributed by atoms with E-state index in [1.807, 2.05) is 4.90 Å². The van der Waals surface area contributed by atoms with Gasteiger partial charge in [-0.15, -0.1) is 0 Å². The third-order valence-corrected chi connectivity index (χ3v) is 5.63. The van der Waals surface area contributed by atoms with E-state index in [4.69, 9.17) is 11.6 Å². The average Bonchev–Trinajstić information content (AvgIpc) is 2.67. The van der Waals surface area contributed by atoms with E-state index in [1.54, 1.807) is 6.07 Å². The van der Waals surface area contributed by atoms with Crippen molar-refractivity contribution in [2.45, 2.75) is 19.3 Å². The van der Waals surface area contributed by atoms with Gasteiger partial charge in [0.25, 0.3) is 5.56 Å². The summed E-state index contributed by atoms with van der Waals surface area (Å²) in [6, 6.07) is 4.25. The number of nitrogens with zero attached hydrogens (tertiary/aromatic N) is 3. The number of carbonyl (C=O) groups is 1. The molecule has 1 aromatic carbocycles. The minimum atomic E-state index is -0.705. The van der Waals surface area contributed by atoms with Gasteiger partial charge in [0.2, 0.25) is 11.9 Å². The SMILES string of the molecule is CCN1CCN(c2nc3c(c(=O)[nH]2)C(c2ccc(Cl)cc2F)CC(=O)N3)CC1. The lowest BCUT2D eigenvalue weighted by Crippen LogP contribution is -2.47. The summed E-state index contributed by atoms with van der Waals surface area (Å²) in [6.07, 6.45) is -0.0230. The second-order valence-corrected chi connectivity index (χ2v) is 7.48. The number of carbonyl (C=O) groups excluding carboxylic acids is 1. The second kappa shape index (κ2) is 7.52. The zero-order chi connectivity index (χ0) is 19.8. The summed E-state index contributed by atoms with van der Waals surface area (Å²) >= 11 is 5.84. The van der Waals surface area contributed by atoms with Gasteiger partial charge in [0.1, 0.15) is 11.6 Å². The smallest absolute Gasteiger partial charge is 0.258 e. The molecule has 0 aliphatic carbocycles. The molecule has 7 nitrogen and oxygen atoms in total. The Labute approximate surface area is 166 Å². The van der Waals surface area contributed by atoms with Gasteiger partial charge >= 0.3 is 0 Å². The van der Waals surface area contributed by atoms with Crippen molar-refractivity contribution in [2.24, 2.45) is 0 Å². The van der Waals surface area contributed by atoms with E-state index in [-0.39, 0.29) is 39.9 Å². The summed E-state index contributed by atoms with van der Waals surface area (Å²) < 4.78 is 14.5. The number of halogens is 2. The lowest BCUT2D eigenvalue weighted by atomic mass is 9.86. The molecule has 1 aromatic heterocycles. The van der Waals surface area contributed by atoms with Crippen LogP contribution in [-0.2, 0) is 4.79 Å². The summed E-state index contributed by atoms with van der Waals surface area (Å²) in [5.74, 6) is -0.920. The summed E-state index contributed by atoms with van der Waals surface area (Å²) in [5, 5.41) is 2.93. The van der Waals surface area contributed by atoms with Crippen molar-refractivity contribution in [3.63, 3.8) is 0 Å². The van der Waals surface area contributed by atoms with Crippen LogP contribution >= 0.6 is 11.6 Å². The van der Waals surface area contributed by atoms with E-state index in [2.05, 4.69) is 27.1 Å². The maximum absolute atomic E-state index is 14.5. The number of nitrogens with one attached hydrogen (secondary N) is 2. The maximum Gasteiger partial charge on any atom is 0.258 e. The van der Waals surface area contributed by atoms with E-state index in [0.717, 1.165) is 32.7 Å². The molecule has 0 spiro atoms. The number of H-pyrrole nitrogens is 1. The van der Waals surface area contributed by atoms with Gasteiger partial charge in [0, 0.05) is 43.5 Å². The van der Waals surface area contributed by atoms with Crippen LogP contribution in [0.2, 0.25) is 5.02 Å². The van der Waals surface area contributed by atoms with Crippen LogP contribution in [0.15, 0.2) is 23.0 Å². The highest BCUT2D eigenvalue weighted by molar-refractivity contribution is 6.30. The molecule has 1 unspecified atom stereocenters. The van der Waals surface area contributed by atoms with E-state index < -0.39 is 11.7 Å². The zero-order valence-electron chi connectivity index (χ0n) is 15.5. The predicted octanol–water partition coefficient (Wildman–Crippen LogP) is 2.18. The molecular formula is C19H21ClFN5O2. The second-order valence-electron chi connectivity index (χ2n) is 7.04. The first-order valence-corrected chi connectivity index (χ1v) is 9.70. The molecule has 0 saturated carbocycles. The Hall–Kier alpha value is -2.45. The van der Waals surface area contributed by atoms with E-state index in [9.17, 15) is 14.0 Å². The fourth-order valence-electron chi connectivity index (χ4n) is 3.83. The fourth-order valence-corrected chi connectivity index (χ4v) is 3.99. The van der Waals surface area contributed by atoms with Crippen molar-refractivity contribution < 1.29 is 9.18 Å². The first-order chi connectivity index (χ1) is 13.5. The van der Waals surface area contributed by atoms with Crippen LogP contribution in [0.25, 0.3) is 0 Å². The predicted molar refractivity (Wildman–Crippen MR) is 106 cm³/mol. The van der Waals surface area contributed by atoms with Gasteiger partial charge in [0.15, 0.2) is 0 Å². The molecule has 148 valence electrons. The van der Waals surface area contributed by atoms with Crippen molar-refractivity contribution in [3.05, 3.63) is 50.5 Å². The minimum Gasteiger partial charge on any atom is -0.340 e. The topological polar surface area (TPSA) is 81.3 Å². The quantitative estimate of drug-likeness (QED) is 0.818. The Morgan fingerprint density at radius 2 is 2.00 bits per heavy atom. The normalized spacial score (nSPS) is 20.0. The number of aromatic amines is 1. The molecule has 0 bridgehead atoms. The van der Waals surface area contributed by atoms with Crippen LogP contribution < -0.4 is 15.8 Å². The Kier molecular flexibility index (Phi) is 5.07. The molecule has 0 radical (unpaired) electrons. The van der Waals surface area contributed by atoms with Gasteiger partial charge in [-0.2, -0.15) is 4.98 Å². The Balaban J connectivity index is 1.72. The third-order valence-electron chi connectivity index (χ3n) is 5.40. The van der Waals surface area contributed by atoms with Gasteiger partial charge in [-0.25, -0.2) is 4.39 Å². The van der Waals surface area contributed by atoms with Crippen molar-refractivity contribution >= 4 is 29.3 Å². The summed E-state index contributed by atoms with van der Waals surface area (Å²) in [5.41, 5.74) is 0.172. The minimum absolute atomic E-state index is 0.0230.